The largest absolute Gasteiger partial charge is 0.359 e. The van der Waals surface area contributed by atoms with Gasteiger partial charge in [-0.15, -0.1) is 0 Å². The molecule has 3 rings (SSSR count). The third kappa shape index (κ3) is 3.78. The smallest absolute Gasteiger partial charge is 0.271 e. The summed E-state index contributed by atoms with van der Waals surface area (Å²) in [5.41, 5.74) is 1.67. The van der Waals surface area contributed by atoms with Crippen molar-refractivity contribution in [1.82, 2.24) is 5.32 Å². The zero-order valence-corrected chi connectivity index (χ0v) is 13.6. The normalized spacial score (nSPS) is 19.0. The van der Waals surface area contributed by atoms with Crippen molar-refractivity contribution in [2.24, 2.45) is 0 Å². The summed E-state index contributed by atoms with van der Waals surface area (Å²) in [5.74, 6) is 0.441. The Morgan fingerprint density at radius 2 is 2.00 bits per heavy atom. The lowest BCUT2D eigenvalue weighted by molar-refractivity contribution is -0.384. The van der Waals surface area contributed by atoms with Gasteiger partial charge in [0.1, 0.15) is 0 Å². The second-order valence-corrected chi connectivity index (χ2v) is 6.19. The van der Waals surface area contributed by atoms with E-state index in [9.17, 15) is 10.1 Å². The lowest BCUT2D eigenvalue weighted by Gasteiger charge is -2.11. The Hall–Kier alpha value is -2.18. The second-order valence-electron chi connectivity index (χ2n) is 5.38. The van der Waals surface area contributed by atoms with Gasteiger partial charge < -0.3 is 10.6 Å². The summed E-state index contributed by atoms with van der Waals surface area (Å²) in [6.45, 7) is 0. The van der Waals surface area contributed by atoms with Gasteiger partial charge in [0.15, 0.2) is 5.11 Å². The van der Waals surface area contributed by atoms with Crippen molar-refractivity contribution >= 4 is 40.3 Å². The Bertz CT molecular complexity index is 754. The molecule has 1 aliphatic rings. The topological polar surface area (TPSA) is 67.2 Å². The van der Waals surface area contributed by atoms with Gasteiger partial charge in [-0.2, -0.15) is 0 Å². The van der Waals surface area contributed by atoms with Crippen LogP contribution in [0.25, 0.3) is 0 Å². The summed E-state index contributed by atoms with van der Waals surface area (Å²) in [6, 6.07) is 14.7. The van der Waals surface area contributed by atoms with Gasteiger partial charge in [0.2, 0.25) is 0 Å². The molecule has 0 amide bonds. The van der Waals surface area contributed by atoms with E-state index in [2.05, 4.69) is 22.8 Å². The minimum absolute atomic E-state index is 0.0340. The van der Waals surface area contributed by atoms with Crippen molar-refractivity contribution in [3.63, 3.8) is 0 Å². The molecule has 2 N–H and O–H groups in total. The van der Waals surface area contributed by atoms with E-state index in [4.69, 9.17) is 23.8 Å². The van der Waals surface area contributed by atoms with Crippen molar-refractivity contribution < 1.29 is 4.92 Å². The Morgan fingerprint density at radius 1 is 1.26 bits per heavy atom. The highest BCUT2D eigenvalue weighted by Gasteiger charge is 2.38. The van der Waals surface area contributed by atoms with Gasteiger partial charge in [0.05, 0.1) is 15.6 Å². The quantitative estimate of drug-likeness (QED) is 0.495. The number of nitro benzene ring substituents is 1. The SMILES string of the molecule is O=[N+]([O-])c1ccc(Cl)c(NC(=S)NC2CC2c2ccccc2)c1. The molecule has 7 heteroatoms. The molecule has 2 unspecified atom stereocenters. The molecule has 5 nitrogen and oxygen atoms in total. The number of hydrogen-bond acceptors (Lipinski definition) is 3. The fourth-order valence-electron chi connectivity index (χ4n) is 2.47. The molecule has 0 heterocycles. The number of rotatable bonds is 4. The van der Waals surface area contributed by atoms with E-state index < -0.39 is 4.92 Å². The van der Waals surface area contributed by atoms with Gasteiger partial charge in [0, 0.05) is 24.1 Å². The third-order valence-corrected chi connectivity index (χ3v) is 4.29. The molecule has 0 aromatic heterocycles. The van der Waals surface area contributed by atoms with Crippen LogP contribution in [0.4, 0.5) is 11.4 Å². The zero-order valence-electron chi connectivity index (χ0n) is 12.0. The third-order valence-electron chi connectivity index (χ3n) is 3.74. The second kappa shape index (κ2) is 6.52. The molecular weight excluding hydrogens is 334 g/mol. The number of nitrogens with one attached hydrogen (secondary N) is 2. The first-order valence-corrected chi connectivity index (χ1v) is 7.89. The first kappa shape index (κ1) is 15.7. The van der Waals surface area contributed by atoms with Crippen LogP contribution in [0.5, 0.6) is 0 Å². The van der Waals surface area contributed by atoms with Gasteiger partial charge in [-0.1, -0.05) is 41.9 Å². The molecule has 23 heavy (non-hydrogen) atoms. The maximum absolute atomic E-state index is 10.8. The van der Waals surface area contributed by atoms with E-state index in [1.54, 1.807) is 0 Å². The molecule has 0 radical (unpaired) electrons. The van der Waals surface area contributed by atoms with Crippen LogP contribution >= 0.6 is 23.8 Å². The number of hydrogen-bond donors (Lipinski definition) is 2. The minimum atomic E-state index is -0.468. The van der Waals surface area contributed by atoms with Crippen molar-refractivity contribution in [3.8, 4) is 0 Å². The van der Waals surface area contributed by atoms with E-state index in [1.165, 1.54) is 23.8 Å². The minimum Gasteiger partial charge on any atom is -0.359 e. The fraction of sp³-hybridized carbons (Fsp3) is 0.188. The Morgan fingerprint density at radius 3 is 2.70 bits per heavy atom. The molecular formula is C16H14ClN3O2S. The summed E-state index contributed by atoms with van der Waals surface area (Å²) in [4.78, 5) is 10.4. The van der Waals surface area contributed by atoms with Crippen molar-refractivity contribution in [3.05, 3.63) is 69.2 Å². The van der Waals surface area contributed by atoms with Crippen LogP contribution in [-0.2, 0) is 0 Å². The summed E-state index contributed by atoms with van der Waals surface area (Å²) in [7, 11) is 0. The van der Waals surface area contributed by atoms with Crippen molar-refractivity contribution in [2.75, 3.05) is 5.32 Å². The predicted molar refractivity (Wildman–Crippen MR) is 95.1 cm³/mol. The Kier molecular flexibility index (Phi) is 4.45. The standard InChI is InChI=1S/C16H14ClN3O2S/c17-13-7-6-11(20(21)22)8-15(13)19-16(23)18-14-9-12(14)10-4-2-1-3-5-10/h1-8,12,14H,9H2,(H2,18,19,23). The van der Waals surface area contributed by atoms with Gasteiger partial charge >= 0.3 is 0 Å². The molecule has 0 spiro atoms. The lowest BCUT2D eigenvalue weighted by atomic mass is 10.1. The maximum Gasteiger partial charge on any atom is 0.271 e. The molecule has 2 aromatic rings. The van der Waals surface area contributed by atoms with Crippen LogP contribution in [0.1, 0.15) is 17.9 Å². The Labute approximate surface area is 143 Å². The van der Waals surface area contributed by atoms with E-state index in [-0.39, 0.29) is 11.7 Å². The van der Waals surface area contributed by atoms with Gasteiger partial charge in [-0.25, -0.2) is 0 Å². The number of thiocarbonyl (C=S) groups is 1. The molecule has 118 valence electrons. The first-order chi connectivity index (χ1) is 11.0. The molecule has 0 aliphatic heterocycles. The highest BCUT2D eigenvalue weighted by atomic mass is 35.5. The first-order valence-electron chi connectivity index (χ1n) is 7.11. The molecule has 0 saturated heterocycles. The predicted octanol–water partition coefficient (Wildman–Crippen LogP) is 4.09. The average Bonchev–Trinajstić information content (AvgIpc) is 3.29. The molecule has 2 aromatic carbocycles. The molecule has 1 saturated carbocycles. The summed E-state index contributed by atoms with van der Waals surface area (Å²) >= 11 is 11.3. The molecule has 1 fully saturated rings. The van der Waals surface area contributed by atoms with E-state index in [1.807, 2.05) is 18.2 Å². The number of anilines is 1. The van der Waals surface area contributed by atoms with Gasteiger partial charge in [-0.3, -0.25) is 10.1 Å². The number of halogens is 1. The highest BCUT2D eigenvalue weighted by Crippen LogP contribution is 2.40. The molecule has 0 bridgehead atoms. The average molecular weight is 348 g/mol. The lowest BCUT2D eigenvalue weighted by Crippen LogP contribution is -2.31. The summed E-state index contributed by atoms with van der Waals surface area (Å²) < 4.78 is 0. The van der Waals surface area contributed by atoms with Crippen molar-refractivity contribution in [1.29, 1.82) is 0 Å². The van der Waals surface area contributed by atoms with Gasteiger partial charge in [-0.05, 0) is 30.3 Å². The number of nitrogens with zero attached hydrogens (tertiary/aromatic N) is 1. The van der Waals surface area contributed by atoms with Crippen LogP contribution in [0.2, 0.25) is 5.02 Å². The number of nitro groups is 1. The van der Waals surface area contributed by atoms with Crippen LogP contribution < -0.4 is 10.6 Å². The maximum atomic E-state index is 10.8. The van der Waals surface area contributed by atoms with E-state index >= 15 is 0 Å². The Balaban J connectivity index is 1.61. The summed E-state index contributed by atoms with van der Waals surface area (Å²) in [6.07, 6.45) is 1.01. The van der Waals surface area contributed by atoms with E-state index in [0.29, 0.717) is 21.7 Å². The van der Waals surface area contributed by atoms with Crippen LogP contribution in [0.3, 0.4) is 0 Å². The summed E-state index contributed by atoms with van der Waals surface area (Å²) in [5, 5.41) is 17.8. The molecule has 2 atom stereocenters. The van der Waals surface area contributed by atoms with Crippen molar-refractivity contribution in [2.45, 2.75) is 18.4 Å². The van der Waals surface area contributed by atoms with E-state index in [0.717, 1.165) is 6.42 Å². The van der Waals surface area contributed by atoms with Crippen LogP contribution in [0, 0.1) is 10.1 Å². The van der Waals surface area contributed by atoms with Gasteiger partial charge in [0.25, 0.3) is 5.69 Å². The monoisotopic (exact) mass is 347 g/mol. The van der Waals surface area contributed by atoms with Crippen LogP contribution in [-0.4, -0.2) is 16.1 Å². The number of benzene rings is 2. The highest BCUT2D eigenvalue weighted by molar-refractivity contribution is 7.80. The number of non-ortho nitro benzene ring substituents is 1. The van der Waals surface area contributed by atoms with Crippen LogP contribution in [0.15, 0.2) is 48.5 Å². The molecule has 1 aliphatic carbocycles. The fourth-order valence-corrected chi connectivity index (χ4v) is 2.90. The zero-order chi connectivity index (χ0) is 16.4.